The summed E-state index contributed by atoms with van der Waals surface area (Å²) in [4.78, 5) is 0. The summed E-state index contributed by atoms with van der Waals surface area (Å²) in [6, 6.07) is 0. The lowest BCUT2D eigenvalue weighted by Crippen LogP contribution is -1.60. The molecule has 0 aliphatic heterocycles. The summed E-state index contributed by atoms with van der Waals surface area (Å²) in [6.07, 6.45) is 1.25. The van der Waals surface area contributed by atoms with E-state index in [0.29, 0.717) is 0 Å². The van der Waals surface area contributed by atoms with Gasteiger partial charge in [-0.25, -0.2) is 0 Å². The average molecular weight is 106 g/mol. The Labute approximate surface area is 43.2 Å². The Bertz CT molecular complexity index is 9.51. The molecule has 0 unspecified atom stereocenters. The standard InChI is InChI=1S/C3H8.CH6OSi/c1-3-2;1-2-3/h3H2,1-2H3;1,3H3. The zero-order valence-corrected chi connectivity index (χ0v) is 7.12. The summed E-state index contributed by atoms with van der Waals surface area (Å²) in [5.41, 5.74) is 0. The van der Waals surface area contributed by atoms with Gasteiger partial charge in [-0.05, 0) is 0 Å². The minimum atomic E-state index is 0.869. The van der Waals surface area contributed by atoms with Crippen LogP contribution >= 0.6 is 0 Å². The number of hydrogen-bond donors (Lipinski definition) is 0. The molecular formula is C4H14OSi. The normalized spacial score (nSPS) is 6.50. The van der Waals surface area contributed by atoms with Crippen LogP contribution in [0.4, 0.5) is 0 Å². The molecule has 0 aromatic carbocycles. The lowest BCUT2D eigenvalue weighted by molar-refractivity contribution is 0.460. The zero-order chi connectivity index (χ0) is 5.41. The van der Waals surface area contributed by atoms with E-state index in [0.717, 1.165) is 10.5 Å². The Kier molecular flexibility index (Phi) is 30.1. The Balaban J connectivity index is 0. The molecule has 0 rings (SSSR count). The van der Waals surface area contributed by atoms with Crippen molar-refractivity contribution in [2.45, 2.75) is 20.3 Å². The van der Waals surface area contributed by atoms with Gasteiger partial charge in [0.25, 0.3) is 0 Å². The number of rotatable bonds is 0. The van der Waals surface area contributed by atoms with Gasteiger partial charge in [0.05, 0.1) is 0 Å². The van der Waals surface area contributed by atoms with Crippen LogP contribution in [0.1, 0.15) is 20.3 Å². The van der Waals surface area contributed by atoms with Gasteiger partial charge in [0.1, 0.15) is 10.5 Å². The van der Waals surface area contributed by atoms with E-state index in [1.807, 2.05) is 0 Å². The predicted octanol–water partition coefficient (Wildman–Crippen LogP) is 0.329. The van der Waals surface area contributed by atoms with E-state index in [1.165, 1.54) is 6.42 Å². The first-order valence-electron chi connectivity index (χ1n) is 2.23. The number of hydrogen-bond acceptors (Lipinski definition) is 1. The third-order valence-corrected chi connectivity index (χ3v) is 0. The molecule has 0 fully saturated rings. The average Bonchev–Trinajstić information content (AvgIpc) is 1.39. The van der Waals surface area contributed by atoms with Crippen LogP contribution < -0.4 is 0 Å². The first kappa shape index (κ1) is 9.49. The van der Waals surface area contributed by atoms with E-state index >= 15 is 0 Å². The predicted molar refractivity (Wildman–Crippen MR) is 32.9 cm³/mol. The molecule has 0 amide bonds. The highest BCUT2D eigenvalue weighted by Crippen LogP contribution is 1.56. The van der Waals surface area contributed by atoms with Crippen molar-refractivity contribution >= 4 is 10.5 Å². The first-order chi connectivity index (χ1) is 2.83. The molecule has 0 bridgehead atoms. The fraction of sp³-hybridized carbons (Fsp3) is 1.00. The van der Waals surface area contributed by atoms with E-state index in [1.54, 1.807) is 7.11 Å². The van der Waals surface area contributed by atoms with Crippen molar-refractivity contribution in [3.8, 4) is 0 Å². The van der Waals surface area contributed by atoms with Crippen LogP contribution in [0.2, 0.25) is 0 Å². The third-order valence-electron chi connectivity index (χ3n) is 0. The highest BCUT2D eigenvalue weighted by Gasteiger charge is 1.35. The van der Waals surface area contributed by atoms with Crippen molar-refractivity contribution in [3.05, 3.63) is 0 Å². The van der Waals surface area contributed by atoms with E-state index < -0.39 is 0 Å². The Morgan fingerprint density at radius 1 is 1.50 bits per heavy atom. The second-order valence-electron chi connectivity index (χ2n) is 1.12. The monoisotopic (exact) mass is 106 g/mol. The third kappa shape index (κ3) is 1350. The lowest BCUT2D eigenvalue weighted by atomic mass is 10.6. The van der Waals surface area contributed by atoms with Crippen LogP contribution in [0.3, 0.4) is 0 Å². The van der Waals surface area contributed by atoms with Crippen LogP contribution in [-0.4, -0.2) is 17.6 Å². The van der Waals surface area contributed by atoms with Crippen molar-refractivity contribution in [2.75, 3.05) is 7.11 Å². The topological polar surface area (TPSA) is 9.23 Å². The van der Waals surface area contributed by atoms with Crippen molar-refractivity contribution < 1.29 is 4.43 Å². The van der Waals surface area contributed by atoms with Gasteiger partial charge >= 0.3 is 0 Å². The molecule has 0 atom stereocenters. The molecule has 0 aliphatic carbocycles. The maximum Gasteiger partial charge on any atom is 0.145 e. The van der Waals surface area contributed by atoms with Crippen molar-refractivity contribution in [1.29, 1.82) is 0 Å². The minimum Gasteiger partial charge on any atom is -0.431 e. The largest absolute Gasteiger partial charge is 0.431 e. The molecule has 40 valence electrons. The van der Waals surface area contributed by atoms with Gasteiger partial charge in [0.15, 0.2) is 0 Å². The maximum atomic E-state index is 4.39. The summed E-state index contributed by atoms with van der Waals surface area (Å²) in [5.74, 6) is 0. The molecule has 0 aromatic heterocycles. The second kappa shape index (κ2) is 19.1. The van der Waals surface area contributed by atoms with Crippen molar-refractivity contribution in [3.63, 3.8) is 0 Å². The maximum absolute atomic E-state index is 4.39. The summed E-state index contributed by atoms with van der Waals surface area (Å²) in [5, 5.41) is 0. The Hall–Kier alpha value is 0.177. The van der Waals surface area contributed by atoms with Gasteiger partial charge in [-0.2, -0.15) is 0 Å². The Morgan fingerprint density at radius 2 is 1.50 bits per heavy atom. The van der Waals surface area contributed by atoms with Crippen molar-refractivity contribution in [1.82, 2.24) is 0 Å². The van der Waals surface area contributed by atoms with Crippen LogP contribution in [0.25, 0.3) is 0 Å². The van der Waals surface area contributed by atoms with Gasteiger partial charge in [-0.1, -0.05) is 20.3 Å². The van der Waals surface area contributed by atoms with Crippen LogP contribution in [0, 0.1) is 0 Å². The first-order valence-corrected chi connectivity index (χ1v) is 3.05. The summed E-state index contributed by atoms with van der Waals surface area (Å²) in [7, 11) is 2.56. The highest BCUT2D eigenvalue weighted by atomic mass is 28.2. The molecule has 0 aliphatic rings. The van der Waals surface area contributed by atoms with Gasteiger partial charge in [0, 0.05) is 7.11 Å². The highest BCUT2D eigenvalue weighted by molar-refractivity contribution is 5.97. The molecule has 0 saturated carbocycles. The molecule has 6 heavy (non-hydrogen) atoms. The molecule has 0 aromatic rings. The summed E-state index contributed by atoms with van der Waals surface area (Å²) in [6.45, 7) is 4.25. The smallest absolute Gasteiger partial charge is 0.145 e. The van der Waals surface area contributed by atoms with E-state index in [2.05, 4.69) is 18.3 Å². The van der Waals surface area contributed by atoms with Gasteiger partial charge in [0.2, 0.25) is 0 Å². The summed E-state index contributed by atoms with van der Waals surface area (Å²) >= 11 is 0. The fourth-order valence-corrected chi connectivity index (χ4v) is 0. The molecular weight excluding hydrogens is 92.1 g/mol. The van der Waals surface area contributed by atoms with E-state index in [4.69, 9.17) is 0 Å². The van der Waals surface area contributed by atoms with Crippen molar-refractivity contribution in [2.24, 2.45) is 0 Å². The van der Waals surface area contributed by atoms with E-state index in [9.17, 15) is 0 Å². The molecule has 0 spiro atoms. The minimum absolute atomic E-state index is 0.869. The molecule has 1 nitrogen and oxygen atoms in total. The van der Waals surface area contributed by atoms with Crippen LogP contribution in [0.5, 0.6) is 0 Å². The molecule has 0 N–H and O–H groups in total. The van der Waals surface area contributed by atoms with Gasteiger partial charge in [-0.3, -0.25) is 0 Å². The quantitative estimate of drug-likeness (QED) is 0.404. The van der Waals surface area contributed by atoms with Crippen LogP contribution in [-0.2, 0) is 4.43 Å². The Morgan fingerprint density at radius 3 is 1.50 bits per heavy atom. The molecule has 0 saturated heterocycles. The van der Waals surface area contributed by atoms with Crippen LogP contribution in [0.15, 0.2) is 0 Å². The second-order valence-corrected chi connectivity index (χ2v) is 1.93. The molecule has 2 heteroatoms. The summed E-state index contributed by atoms with van der Waals surface area (Å²) < 4.78 is 4.39. The SMILES string of the molecule is CCC.CO[SiH3]. The van der Waals surface area contributed by atoms with Gasteiger partial charge < -0.3 is 4.43 Å². The fourth-order valence-electron chi connectivity index (χ4n) is 0. The van der Waals surface area contributed by atoms with E-state index in [-0.39, 0.29) is 0 Å². The molecule has 0 radical (unpaired) electrons. The van der Waals surface area contributed by atoms with Gasteiger partial charge in [-0.15, -0.1) is 0 Å². The zero-order valence-electron chi connectivity index (χ0n) is 5.12. The molecule has 0 heterocycles. The lowest BCUT2D eigenvalue weighted by Gasteiger charge is -1.61.